The second kappa shape index (κ2) is 3.88. The lowest BCUT2D eigenvalue weighted by Crippen LogP contribution is -2.32. The Bertz CT molecular complexity index is 123. The van der Waals surface area contributed by atoms with E-state index in [9.17, 15) is 4.79 Å². The van der Waals surface area contributed by atoms with E-state index in [0.717, 1.165) is 0 Å². The summed E-state index contributed by atoms with van der Waals surface area (Å²) in [5.41, 5.74) is 9.25. The first-order valence-electron chi connectivity index (χ1n) is 2.25. The molecule has 0 heterocycles. The summed E-state index contributed by atoms with van der Waals surface area (Å²) in [5.74, 6) is -0.690. The first-order chi connectivity index (χ1) is 4.18. The van der Waals surface area contributed by atoms with E-state index >= 15 is 0 Å². The number of nitrogens with two attached hydrogens (primary N) is 1. The number of hydrogen-bond acceptors (Lipinski definition) is 5. The van der Waals surface area contributed by atoms with Crippen molar-refractivity contribution < 1.29 is 9.63 Å². The van der Waals surface area contributed by atoms with Crippen LogP contribution in [0.5, 0.6) is 0 Å². The first kappa shape index (κ1) is 7.93. The summed E-state index contributed by atoms with van der Waals surface area (Å²) in [6.07, 6.45) is 0. The predicted molar refractivity (Wildman–Crippen MR) is 31.6 cm³/mol. The van der Waals surface area contributed by atoms with E-state index in [2.05, 4.69) is 22.4 Å². The van der Waals surface area contributed by atoms with Crippen LogP contribution in [-0.4, -0.2) is 13.0 Å². The van der Waals surface area contributed by atoms with Gasteiger partial charge in [0, 0.05) is 7.05 Å². The average molecular weight is 131 g/mol. The molecule has 0 rings (SSSR count). The Hall–Kier alpha value is -1.07. The van der Waals surface area contributed by atoms with Crippen LogP contribution in [0.2, 0.25) is 0 Å². The molecule has 0 unspecified atom stereocenters. The molecule has 0 spiro atoms. The van der Waals surface area contributed by atoms with Crippen LogP contribution in [0.15, 0.2) is 12.3 Å². The van der Waals surface area contributed by atoms with E-state index in [1.165, 1.54) is 0 Å². The van der Waals surface area contributed by atoms with Crippen molar-refractivity contribution >= 4 is 5.97 Å². The van der Waals surface area contributed by atoms with Crippen molar-refractivity contribution in [2.75, 3.05) is 7.05 Å². The smallest absolute Gasteiger partial charge is 0.373 e. The predicted octanol–water partition coefficient (Wildman–Crippen LogP) is -1.36. The lowest BCUT2D eigenvalue weighted by Gasteiger charge is -2.00. The largest absolute Gasteiger partial charge is 0.393 e. The first-order valence-corrected chi connectivity index (χ1v) is 2.25. The molecule has 0 aromatic carbocycles. The molecule has 5 heteroatoms. The monoisotopic (exact) mass is 131 g/mol. The van der Waals surface area contributed by atoms with Crippen molar-refractivity contribution in [1.29, 1.82) is 0 Å². The van der Waals surface area contributed by atoms with Gasteiger partial charge in [-0.1, -0.05) is 12.2 Å². The van der Waals surface area contributed by atoms with Gasteiger partial charge in [0.25, 0.3) is 0 Å². The zero-order valence-electron chi connectivity index (χ0n) is 5.10. The molecule has 0 atom stereocenters. The molecule has 9 heavy (non-hydrogen) atoms. The van der Waals surface area contributed by atoms with Crippen molar-refractivity contribution in [1.82, 2.24) is 11.0 Å². The van der Waals surface area contributed by atoms with E-state index in [-0.39, 0.29) is 5.70 Å². The Morgan fingerprint density at radius 3 is 2.67 bits per heavy atom. The van der Waals surface area contributed by atoms with Crippen LogP contribution < -0.4 is 16.7 Å². The summed E-state index contributed by atoms with van der Waals surface area (Å²) in [6, 6.07) is 0. The van der Waals surface area contributed by atoms with Crippen molar-refractivity contribution in [3.05, 3.63) is 12.3 Å². The summed E-state index contributed by atoms with van der Waals surface area (Å²) < 4.78 is 0. The summed E-state index contributed by atoms with van der Waals surface area (Å²) >= 11 is 0. The second-order valence-corrected chi connectivity index (χ2v) is 1.27. The van der Waals surface area contributed by atoms with Crippen molar-refractivity contribution in [3.8, 4) is 0 Å². The Morgan fingerprint density at radius 1 is 1.78 bits per heavy atom. The van der Waals surface area contributed by atoms with Gasteiger partial charge >= 0.3 is 5.97 Å². The van der Waals surface area contributed by atoms with Crippen molar-refractivity contribution in [2.45, 2.75) is 0 Å². The molecule has 0 fully saturated rings. The molecule has 0 amide bonds. The highest BCUT2D eigenvalue weighted by molar-refractivity contribution is 5.86. The molecule has 0 aliphatic heterocycles. The topological polar surface area (TPSA) is 76.4 Å². The van der Waals surface area contributed by atoms with Gasteiger partial charge in [-0.05, 0) is 0 Å². The van der Waals surface area contributed by atoms with Gasteiger partial charge in [-0.2, -0.15) is 0 Å². The van der Waals surface area contributed by atoms with Gasteiger partial charge < -0.3 is 10.6 Å². The Balaban J connectivity index is 3.39. The van der Waals surface area contributed by atoms with Gasteiger partial charge in [0.2, 0.25) is 0 Å². The average Bonchev–Trinajstić information content (AvgIpc) is 1.82. The molecule has 52 valence electrons. The summed E-state index contributed by atoms with van der Waals surface area (Å²) in [6.45, 7) is 3.14. The fourth-order valence-electron chi connectivity index (χ4n) is 0.163. The molecule has 0 saturated carbocycles. The van der Waals surface area contributed by atoms with Crippen LogP contribution in [0.4, 0.5) is 0 Å². The lowest BCUT2D eigenvalue weighted by atomic mass is 10.5. The van der Waals surface area contributed by atoms with Gasteiger partial charge in [-0.25, -0.2) is 10.2 Å². The maximum absolute atomic E-state index is 10.4. The van der Waals surface area contributed by atoms with E-state index in [1.807, 2.05) is 0 Å². The van der Waals surface area contributed by atoms with Crippen molar-refractivity contribution in [2.24, 2.45) is 5.73 Å². The van der Waals surface area contributed by atoms with Crippen LogP contribution in [0.3, 0.4) is 0 Å². The normalized spacial score (nSPS) is 8.56. The van der Waals surface area contributed by atoms with Gasteiger partial charge in [-0.15, -0.1) is 0 Å². The Labute approximate surface area is 52.8 Å². The highest BCUT2D eigenvalue weighted by atomic mass is 16.7. The van der Waals surface area contributed by atoms with Crippen LogP contribution in [0, 0.1) is 0 Å². The van der Waals surface area contributed by atoms with Crippen LogP contribution >= 0.6 is 0 Å². The molecule has 0 bridgehead atoms. The number of nitrogens with one attached hydrogen (secondary N) is 2. The zero-order chi connectivity index (χ0) is 7.28. The molecular formula is C4H9N3O2. The minimum atomic E-state index is -0.690. The van der Waals surface area contributed by atoms with Crippen LogP contribution in [-0.2, 0) is 9.63 Å². The molecular weight excluding hydrogens is 122 g/mol. The summed E-state index contributed by atoms with van der Waals surface area (Å²) in [4.78, 5) is 14.6. The molecule has 0 radical (unpaired) electrons. The fourth-order valence-corrected chi connectivity index (χ4v) is 0.163. The maximum atomic E-state index is 10.4. The molecule has 0 aromatic rings. The van der Waals surface area contributed by atoms with Gasteiger partial charge in [0.15, 0.2) is 0 Å². The van der Waals surface area contributed by atoms with Gasteiger partial charge in [-0.3, -0.25) is 0 Å². The van der Waals surface area contributed by atoms with E-state index < -0.39 is 5.97 Å². The van der Waals surface area contributed by atoms with Gasteiger partial charge in [0.1, 0.15) is 5.70 Å². The second-order valence-electron chi connectivity index (χ2n) is 1.27. The minimum absolute atomic E-state index is 0.141. The third-order valence-corrected chi connectivity index (χ3v) is 0.508. The summed E-state index contributed by atoms with van der Waals surface area (Å²) in [5, 5.41) is 0. The molecule has 0 saturated heterocycles. The third kappa shape index (κ3) is 3.51. The van der Waals surface area contributed by atoms with E-state index in [4.69, 9.17) is 5.73 Å². The highest BCUT2D eigenvalue weighted by Crippen LogP contribution is 1.78. The van der Waals surface area contributed by atoms with Crippen LogP contribution in [0.25, 0.3) is 0 Å². The van der Waals surface area contributed by atoms with E-state index in [1.54, 1.807) is 7.05 Å². The SMILES string of the molecule is C=C(N)C(=O)ONNC. The molecule has 4 N–H and O–H groups in total. The van der Waals surface area contributed by atoms with Crippen LogP contribution in [0.1, 0.15) is 0 Å². The fraction of sp³-hybridized carbons (Fsp3) is 0.250. The number of hydrazine groups is 1. The number of carbonyl (C=O) groups is 1. The number of rotatable bonds is 3. The molecule has 0 aliphatic carbocycles. The Morgan fingerprint density at radius 2 is 2.33 bits per heavy atom. The number of hydrogen-bond donors (Lipinski definition) is 3. The Kier molecular flexibility index (Phi) is 3.41. The molecule has 5 nitrogen and oxygen atoms in total. The lowest BCUT2D eigenvalue weighted by molar-refractivity contribution is -0.148. The quantitative estimate of drug-likeness (QED) is 0.326. The van der Waals surface area contributed by atoms with E-state index in [0.29, 0.717) is 0 Å². The maximum Gasteiger partial charge on any atom is 0.373 e. The summed E-state index contributed by atoms with van der Waals surface area (Å²) in [7, 11) is 1.55. The van der Waals surface area contributed by atoms with Gasteiger partial charge in [0.05, 0.1) is 0 Å². The standard InChI is InChI=1S/C4H9N3O2/c1-3(5)4(8)9-7-6-2/h6-7H,1,5H2,2H3. The molecule has 0 aromatic heterocycles. The highest BCUT2D eigenvalue weighted by Gasteiger charge is 2.00. The molecule has 0 aliphatic rings. The minimum Gasteiger partial charge on any atom is -0.393 e. The van der Waals surface area contributed by atoms with Crippen molar-refractivity contribution in [3.63, 3.8) is 0 Å². The number of carbonyl (C=O) groups excluding carboxylic acids is 1. The third-order valence-electron chi connectivity index (χ3n) is 0.508. The zero-order valence-corrected chi connectivity index (χ0v) is 5.10.